The van der Waals surface area contributed by atoms with Gasteiger partial charge in [0.15, 0.2) is 0 Å². The van der Waals surface area contributed by atoms with E-state index in [4.69, 9.17) is 0 Å². The molecule has 0 spiro atoms. The Hall–Kier alpha value is -2.96. The number of benzene rings is 1. The van der Waals surface area contributed by atoms with E-state index in [9.17, 15) is 9.59 Å². The topological polar surface area (TPSA) is 78.4 Å². The van der Waals surface area contributed by atoms with Crippen molar-refractivity contribution < 1.29 is 9.59 Å². The second kappa shape index (κ2) is 9.12. The molecule has 7 nitrogen and oxygen atoms in total. The van der Waals surface area contributed by atoms with Crippen molar-refractivity contribution in [2.75, 3.05) is 36.4 Å². The van der Waals surface area contributed by atoms with Crippen LogP contribution in [0.2, 0.25) is 0 Å². The number of piperazine rings is 1. The lowest BCUT2D eigenvalue weighted by Gasteiger charge is -2.34. The molecule has 0 aliphatic carbocycles. The zero-order chi connectivity index (χ0) is 19.1. The Morgan fingerprint density at radius 3 is 2.33 bits per heavy atom. The number of hydrogen-bond acceptors (Lipinski definition) is 5. The summed E-state index contributed by atoms with van der Waals surface area (Å²) in [5.41, 5.74) is 1.88. The third-order valence-electron chi connectivity index (χ3n) is 4.63. The summed E-state index contributed by atoms with van der Waals surface area (Å²) in [6.45, 7) is 4.32. The number of unbranched alkanes of at least 4 members (excludes halogenated alkanes) is 1. The van der Waals surface area contributed by atoms with Gasteiger partial charge >= 0.3 is 11.8 Å². The molecule has 2 amide bonds. The lowest BCUT2D eigenvalue weighted by Crippen LogP contribution is -2.52. The lowest BCUT2D eigenvalue weighted by atomic mass is 10.1. The highest BCUT2D eigenvalue weighted by molar-refractivity contribution is 6.39. The lowest BCUT2D eigenvalue weighted by molar-refractivity contribution is -0.143. The van der Waals surface area contributed by atoms with Crippen molar-refractivity contribution in [3.63, 3.8) is 0 Å². The normalized spacial score (nSPS) is 14.1. The first-order valence-electron chi connectivity index (χ1n) is 9.38. The average molecular weight is 367 g/mol. The summed E-state index contributed by atoms with van der Waals surface area (Å²) in [7, 11) is 0. The Morgan fingerprint density at radius 1 is 1.04 bits per heavy atom. The fourth-order valence-corrected chi connectivity index (χ4v) is 3.03. The van der Waals surface area contributed by atoms with E-state index in [1.165, 1.54) is 5.56 Å². The second-order valence-corrected chi connectivity index (χ2v) is 6.58. The fraction of sp³-hybridized carbons (Fsp3) is 0.400. The maximum absolute atomic E-state index is 12.4. The van der Waals surface area contributed by atoms with Gasteiger partial charge in [-0.15, -0.1) is 0 Å². The van der Waals surface area contributed by atoms with Crippen molar-refractivity contribution in [2.45, 2.75) is 26.2 Å². The van der Waals surface area contributed by atoms with Crippen molar-refractivity contribution in [1.82, 2.24) is 14.9 Å². The maximum Gasteiger partial charge on any atom is 0.313 e. The van der Waals surface area contributed by atoms with Crippen LogP contribution in [0.4, 0.5) is 11.6 Å². The molecule has 1 aliphatic rings. The van der Waals surface area contributed by atoms with E-state index < -0.39 is 11.8 Å². The highest BCUT2D eigenvalue weighted by Crippen LogP contribution is 2.13. The minimum atomic E-state index is -0.597. The maximum atomic E-state index is 12.4. The van der Waals surface area contributed by atoms with Gasteiger partial charge in [0.05, 0.1) is 0 Å². The van der Waals surface area contributed by atoms with E-state index in [0.717, 1.165) is 19.3 Å². The number of carbonyl (C=O) groups is 2. The molecule has 1 N–H and O–H groups in total. The molecule has 1 aliphatic heterocycles. The van der Waals surface area contributed by atoms with E-state index in [1.54, 1.807) is 23.4 Å². The van der Waals surface area contributed by atoms with E-state index in [-0.39, 0.29) is 0 Å². The molecule has 0 unspecified atom stereocenters. The number of amides is 2. The number of aryl methyl sites for hydroxylation is 1. The Kier molecular flexibility index (Phi) is 6.35. The van der Waals surface area contributed by atoms with Gasteiger partial charge in [0, 0.05) is 44.3 Å². The Bertz CT molecular complexity index is 756. The molecule has 142 valence electrons. The van der Waals surface area contributed by atoms with E-state index in [0.29, 0.717) is 37.8 Å². The summed E-state index contributed by atoms with van der Waals surface area (Å²) in [5, 5.41) is 2.70. The summed E-state index contributed by atoms with van der Waals surface area (Å²) in [6, 6.07) is 9.45. The van der Waals surface area contributed by atoms with Gasteiger partial charge in [-0.3, -0.25) is 9.59 Å². The summed E-state index contributed by atoms with van der Waals surface area (Å²) in [5.74, 6) is -0.448. The van der Waals surface area contributed by atoms with Gasteiger partial charge in [-0.25, -0.2) is 9.97 Å². The van der Waals surface area contributed by atoms with Gasteiger partial charge < -0.3 is 15.1 Å². The van der Waals surface area contributed by atoms with Crippen LogP contribution < -0.4 is 10.2 Å². The van der Waals surface area contributed by atoms with Crippen LogP contribution in [0, 0.1) is 0 Å². The number of hydrogen-bond donors (Lipinski definition) is 1. The summed E-state index contributed by atoms with van der Waals surface area (Å²) in [4.78, 5) is 36.7. The molecule has 0 bridgehead atoms. The summed E-state index contributed by atoms with van der Waals surface area (Å²) < 4.78 is 0. The van der Waals surface area contributed by atoms with Crippen LogP contribution in [0.25, 0.3) is 0 Å². The smallest absolute Gasteiger partial charge is 0.313 e. The fourth-order valence-electron chi connectivity index (χ4n) is 3.03. The molecule has 1 aromatic heterocycles. The van der Waals surface area contributed by atoms with Gasteiger partial charge in [0.25, 0.3) is 0 Å². The summed E-state index contributed by atoms with van der Waals surface area (Å²) in [6.07, 6.45) is 6.71. The van der Waals surface area contributed by atoms with E-state index in [1.807, 2.05) is 29.2 Å². The van der Waals surface area contributed by atoms with E-state index in [2.05, 4.69) is 22.2 Å². The standard InChI is InChI=1S/C20H25N5O2/c1-2-3-5-16-6-8-17(9-7-16)23-18(26)19(27)24-12-14-25(15-13-24)20-21-10-4-11-22-20/h4,6-11H,2-3,5,12-15H2,1H3,(H,23,26). The van der Waals surface area contributed by atoms with Crippen molar-refractivity contribution >= 4 is 23.5 Å². The molecular weight excluding hydrogens is 342 g/mol. The third kappa shape index (κ3) is 5.03. The molecular formula is C20H25N5O2. The molecule has 1 aromatic carbocycles. The molecule has 0 radical (unpaired) electrons. The Balaban J connectivity index is 1.50. The predicted octanol–water partition coefficient (Wildman–Crippen LogP) is 2.11. The third-order valence-corrected chi connectivity index (χ3v) is 4.63. The van der Waals surface area contributed by atoms with Crippen LogP contribution >= 0.6 is 0 Å². The minimum Gasteiger partial charge on any atom is -0.337 e. The second-order valence-electron chi connectivity index (χ2n) is 6.58. The average Bonchev–Trinajstić information content (AvgIpc) is 2.73. The number of anilines is 2. The predicted molar refractivity (Wildman–Crippen MR) is 105 cm³/mol. The monoisotopic (exact) mass is 367 g/mol. The molecule has 1 saturated heterocycles. The van der Waals surface area contributed by atoms with Gasteiger partial charge in [0.1, 0.15) is 0 Å². The van der Waals surface area contributed by atoms with Crippen LogP contribution in [0.5, 0.6) is 0 Å². The zero-order valence-corrected chi connectivity index (χ0v) is 15.6. The van der Waals surface area contributed by atoms with Gasteiger partial charge in [0.2, 0.25) is 5.95 Å². The van der Waals surface area contributed by atoms with Crippen molar-refractivity contribution in [1.29, 1.82) is 0 Å². The molecule has 2 aromatic rings. The largest absolute Gasteiger partial charge is 0.337 e. The first-order chi connectivity index (χ1) is 13.2. The van der Waals surface area contributed by atoms with Crippen LogP contribution in [-0.2, 0) is 16.0 Å². The number of aromatic nitrogens is 2. The number of rotatable bonds is 5. The van der Waals surface area contributed by atoms with Crippen LogP contribution in [-0.4, -0.2) is 52.9 Å². The number of nitrogens with zero attached hydrogens (tertiary/aromatic N) is 4. The van der Waals surface area contributed by atoms with E-state index >= 15 is 0 Å². The first-order valence-corrected chi connectivity index (χ1v) is 9.38. The molecule has 3 rings (SSSR count). The first kappa shape index (κ1) is 18.8. The number of nitrogens with one attached hydrogen (secondary N) is 1. The highest BCUT2D eigenvalue weighted by Gasteiger charge is 2.26. The SMILES string of the molecule is CCCCc1ccc(NC(=O)C(=O)N2CCN(c3ncccn3)CC2)cc1. The van der Waals surface area contributed by atoms with Gasteiger partial charge in [-0.2, -0.15) is 0 Å². The molecule has 2 heterocycles. The molecule has 0 atom stereocenters. The number of carbonyl (C=O) groups excluding carboxylic acids is 2. The van der Waals surface area contributed by atoms with Crippen molar-refractivity contribution in [2.24, 2.45) is 0 Å². The van der Waals surface area contributed by atoms with Gasteiger partial charge in [-0.05, 0) is 36.6 Å². The molecule has 0 saturated carbocycles. The molecule has 7 heteroatoms. The van der Waals surface area contributed by atoms with Crippen molar-refractivity contribution in [3.05, 3.63) is 48.3 Å². The summed E-state index contributed by atoms with van der Waals surface area (Å²) >= 11 is 0. The highest BCUT2D eigenvalue weighted by atomic mass is 16.2. The Morgan fingerprint density at radius 2 is 1.70 bits per heavy atom. The zero-order valence-electron chi connectivity index (χ0n) is 15.6. The molecule has 1 fully saturated rings. The van der Waals surface area contributed by atoms with Gasteiger partial charge in [-0.1, -0.05) is 25.5 Å². The van der Waals surface area contributed by atoms with Crippen LogP contribution in [0.15, 0.2) is 42.7 Å². The molecule has 27 heavy (non-hydrogen) atoms. The van der Waals surface area contributed by atoms with Crippen LogP contribution in [0.1, 0.15) is 25.3 Å². The Labute approximate surface area is 159 Å². The van der Waals surface area contributed by atoms with Crippen LogP contribution in [0.3, 0.4) is 0 Å². The quantitative estimate of drug-likeness (QED) is 0.819. The minimum absolute atomic E-state index is 0.473. The van der Waals surface area contributed by atoms with Crippen molar-refractivity contribution in [3.8, 4) is 0 Å².